The second kappa shape index (κ2) is 6.55. The molecule has 0 amide bonds. The summed E-state index contributed by atoms with van der Waals surface area (Å²) in [7, 11) is -3.67. The Morgan fingerprint density at radius 2 is 2.00 bits per heavy atom. The van der Waals surface area contributed by atoms with Gasteiger partial charge in [-0.3, -0.25) is 4.72 Å². The molecule has 0 fully saturated rings. The van der Waals surface area contributed by atoms with Crippen molar-refractivity contribution in [3.63, 3.8) is 0 Å². The quantitative estimate of drug-likeness (QED) is 0.848. The van der Waals surface area contributed by atoms with Gasteiger partial charge in [-0.25, -0.2) is 13.4 Å². The molecule has 7 heteroatoms. The number of halogens is 1. The second-order valence-corrected chi connectivity index (χ2v) is 7.05. The van der Waals surface area contributed by atoms with Crippen LogP contribution in [0.3, 0.4) is 0 Å². The molecule has 5 nitrogen and oxygen atoms in total. The summed E-state index contributed by atoms with van der Waals surface area (Å²) >= 11 is 3.25. The molecule has 0 aliphatic rings. The monoisotopic (exact) mass is 369 g/mol. The first kappa shape index (κ1) is 15.9. The maximum Gasteiger partial charge on any atom is 0.263 e. The van der Waals surface area contributed by atoms with Crippen molar-refractivity contribution in [2.45, 2.75) is 24.8 Å². The molecule has 1 aromatic carbocycles. The molecule has 0 saturated heterocycles. The third kappa shape index (κ3) is 3.81. The van der Waals surface area contributed by atoms with Crippen LogP contribution in [-0.4, -0.2) is 13.4 Å². The van der Waals surface area contributed by atoms with Gasteiger partial charge in [-0.15, -0.1) is 0 Å². The van der Waals surface area contributed by atoms with Crippen LogP contribution >= 0.6 is 15.9 Å². The van der Waals surface area contributed by atoms with Crippen molar-refractivity contribution in [1.29, 1.82) is 0 Å². The molecule has 3 N–H and O–H groups in total. The van der Waals surface area contributed by atoms with E-state index in [-0.39, 0.29) is 10.7 Å². The van der Waals surface area contributed by atoms with Gasteiger partial charge in [0, 0.05) is 17.2 Å². The second-order valence-electron chi connectivity index (χ2n) is 4.46. The largest absolute Gasteiger partial charge is 0.326 e. The normalized spacial score (nSPS) is 11.4. The number of anilines is 1. The molecule has 112 valence electrons. The lowest BCUT2D eigenvalue weighted by molar-refractivity contribution is 0.601. The lowest BCUT2D eigenvalue weighted by Crippen LogP contribution is -2.15. The van der Waals surface area contributed by atoms with E-state index in [0.717, 1.165) is 22.0 Å². The molecule has 1 heterocycles. The van der Waals surface area contributed by atoms with E-state index in [1.54, 1.807) is 30.3 Å². The van der Waals surface area contributed by atoms with Gasteiger partial charge in [-0.1, -0.05) is 13.0 Å². The van der Waals surface area contributed by atoms with Crippen molar-refractivity contribution in [2.75, 3.05) is 4.72 Å². The van der Waals surface area contributed by atoms with Gasteiger partial charge < -0.3 is 5.73 Å². The predicted octanol–water partition coefficient (Wildman–Crippen LogP) is 2.67. The minimum absolute atomic E-state index is 0.185. The van der Waals surface area contributed by atoms with Gasteiger partial charge >= 0.3 is 0 Å². The van der Waals surface area contributed by atoms with Gasteiger partial charge in [0.15, 0.2) is 0 Å². The zero-order chi connectivity index (χ0) is 15.5. The van der Waals surface area contributed by atoms with E-state index < -0.39 is 10.0 Å². The van der Waals surface area contributed by atoms with Crippen molar-refractivity contribution in [3.05, 3.63) is 52.1 Å². The van der Waals surface area contributed by atoms with Crippen LogP contribution < -0.4 is 10.5 Å². The Kier molecular flexibility index (Phi) is 4.97. The van der Waals surface area contributed by atoms with E-state index in [2.05, 4.69) is 25.6 Å². The summed E-state index contributed by atoms with van der Waals surface area (Å²) in [5.41, 5.74) is 7.57. The first-order chi connectivity index (χ1) is 9.96. The number of sulfonamides is 1. The maximum atomic E-state index is 12.4. The number of hydrogen-bond donors (Lipinski definition) is 2. The molecule has 1 aromatic heterocycles. The van der Waals surface area contributed by atoms with E-state index in [1.165, 1.54) is 6.20 Å². The summed E-state index contributed by atoms with van der Waals surface area (Å²) < 4.78 is 27.9. The zero-order valence-electron chi connectivity index (χ0n) is 11.5. The molecule has 2 aromatic rings. The minimum atomic E-state index is -3.67. The average molecular weight is 370 g/mol. The molecule has 0 bridgehead atoms. The fraction of sp³-hybridized carbons (Fsp3) is 0.214. The van der Waals surface area contributed by atoms with Crippen molar-refractivity contribution in [1.82, 2.24) is 4.98 Å². The number of pyridine rings is 1. The molecule has 0 aliphatic carbocycles. The van der Waals surface area contributed by atoms with Gasteiger partial charge in [0.1, 0.15) is 5.82 Å². The van der Waals surface area contributed by atoms with E-state index in [0.29, 0.717) is 6.54 Å². The minimum Gasteiger partial charge on any atom is -0.326 e. The van der Waals surface area contributed by atoms with Crippen LogP contribution in [-0.2, 0) is 23.0 Å². The molecule has 0 aliphatic heterocycles. The molecular weight excluding hydrogens is 354 g/mol. The third-order valence-corrected chi connectivity index (χ3v) is 4.88. The summed E-state index contributed by atoms with van der Waals surface area (Å²) in [4.78, 5) is 4.19. The smallest absolute Gasteiger partial charge is 0.263 e. The van der Waals surface area contributed by atoms with E-state index >= 15 is 0 Å². The van der Waals surface area contributed by atoms with E-state index in [1.807, 2.05) is 6.92 Å². The molecule has 0 atom stereocenters. The van der Waals surface area contributed by atoms with Gasteiger partial charge in [0.05, 0.1) is 4.90 Å². The van der Waals surface area contributed by atoms with Crippen LogP contribution in [0, 0.1) is 0 Å². The number of aromatic nitrogens is 1. The highest BCUT2D eigenvalue weighted by Crippen LogP contribution is 2.19. The van der Waals surface area contributed by atoms with Crippen LogP contribution in [0.2, 0.25) is 0 Å². The van der Waals surface area contributed by atoms with Gasteiger partial charge in [0.2, 0.25) is 0 Å². The van der Waals surface area contributed by atoms with Crippen LogP contribution in [0.1, 0.15) is 18.1 Å². The summed E-state index contributed by atoms with van der Waals surface area (Å²) in [6.07, 6.45) is 2.35. The first-order valence-electron chi connectivity index (χ1n) is 6.42. The first-order valence-corrected chi connectivity index (χ1v) is 8.70. The topological polar surface area (TPSA) is 85.1 Å². The zero-order valence-corrected chi connectivity index (χ0v) is 13.9. The van der Waals surface area contributed by atoms with Crippen LogP contribution in [0.5, 0.6) is 0 Å². The predicted molar refractivity (Wildman–Crippen MR) is 86.5 cm³/mol. The molecule has 0 unspecified atom stereocenters. The Balaban J connectivity index is 2.33. The van der Waals surface area contributed by atoms with Crippen LogP contribution in [0.25, 0.3) is 0 Å². The summed E-state index contributed by atoms with van der Waals surface area (Å²) in [6, 6.07) is 8.30. The van der Waals surface area contributed by atoms with E-state index in [4.69, 9.17) is 5.73 Å². The maximum absolute atomic E-state index is 12.4. The molecule has 2 rings (SSSR count). The molecule has 21 heavy (non-hydrogen) atoms. The third-order valence-electron chi connectivity index (χ3n) is 3.06. The number of rotatable bonds is 5. The Hall–Kier alpha value is -1.44. The molecule has 0 spiro atoms. The van der Waals surface area contributed by atoms with Crippen molar-refractivity contribution in [2.24, 2.45) is 5.73 Å². The number of benzene rings is 1. The van der Waals surface area contributed by atoms with Crippen LogP contribution in [0.15, 0.2) is 45.9 Å². The fourth-order valence-corrected chi connectivity index (χ4v) is 3.23. The number of hydrogen-bond acceptors (Lipinski definition) is 4. The standard InChI is InChI=1S/C14H16BrN3O2S/c1-2-10-3-5-13(7-11(10)8-16)21(19,20)18-14-6-4-12(15)9-17-14/h3-7,9H,2,8,16H2,1H3,(H,17,18). The van der Waals surface area contributed by atoms with E-state index in [9.17, 15) is 8.42 Å². The Morgan fingerprint density at radius 3 is 2.57 bits per heavy atom. The SMILES string of the molecule is CCc1ccc(S(=O)(=O)Nc2ccc(Br)cn2)cc1CN. The lowest BCUT2D eigenvalue weighted by Gasteiger charge is -2.11. The van der Waals surface area contributed by atoms with Gasteiger partial charge in [-0.05, 0) is 57.7 Å². The number of aryl methyl sites for hydroxylation is 1. The van der Waals surface area contributed by atoms with Crippen molar-refractivity contribution >= 4 is 31.8 Å². The van der Waals surface area contributed by atoms with Crippen LogP contribution in [0.4, 0.5) is 5.82 Å². The molecular formula is C14H16BrN3O2S. The Bertz CT molecular complexity index is 730. The van der Waals surface area contributed by atoms with Crippen molar-refractivity contribution < 1.29 is 8.42 Å². The number of nitrogens with zero attached hydrogens (tertiary/aromatic N) is 1. The Labute approximate surface area is 132 Å². The number of nitrogens with two attached hydrogens (primary N) is 1. The lowest BCUT2D eigenvalue weighted by atomic mass is 10.1. The number of nitrogens with one attached hydrogen (secondary N) is 1. The van der Waals surface area contributed by atoms with Gasteiger partial charge in [-0.2, -0.15) is 0 Å². The molecule has 0 radical (unpaired) electrons. The van der Waals surface area contributed by atoms with Crippen molar-refractivity contribution in [3.8, 4) is 0 Å². The highest BCUT2D eigenvalue weighted by molar-refractivity contribution is 9.10. The highest BCUT2D eigenvalue weighted by Gasteiger charge is 2.16. The molecule has 0 saturated carbocycles. The van der Waals surface area contributed by atoms with Gasteiger partial charge in [0.25, 0.3) is 10.0 Å². The summed E-state index contributed by atoms with van der Waals surface area (Å²) in [5.74, 6) is 0.270. The Morgan fingerprint density at radius 1 is 1.24 bits per heavy atom. The highest BCUT2D eigenvalue weighted by atomic mass is 79.9. The average Bonchev–Trinajstić information content (AvgIpc) is 2.48. The fourth-order valence-electron chi connectivity index (χ4n) is 1.94. The summed E-state index contributed by atoms with van der Waals surface area (Å²) in [5, 5.41) is 0. The summed E-state index contributed by atoms with van der Waals surface area (Å²) in [6.45, 7) is 2.32.